The zero-order valence-electron chi connectivity index (χ0n) is 9.52. The fourth-order valence-corrected chi connectivity index (χ4v) is 2.94. The van der Waals surface area contributed by atoms with E-state index in [-0.39, 0.29) is 6.04 Å². The molecule has 0 saturated carbocycles. The van der Waals surface area contributed by atoms with E-state index in [1.54, 1.807) is 18.4 Å². The number of benzene rings is 1. The van der Waals surface area contributed by atoms with Crippen molar-refractivity contribution in [1.82, 2.24) is 0 Å². The van der Waals surface area contributed by atoms with Crippen LogP contribution in [0.1, 0.15) is 16.5 Å². The molecule has 0 aliphatic carbocycles. The number of ether oxygens (including phenoxy) is 1. The van der Waals surface area contributed by atoms with Crippen LogP contribution in [0.15, 0.2) is 35.7 Å². The van der Waals surface area contributed by atoms with Gasteiger partial charge in [-0.15, -0.1) is 11.3 Å². The molecule has 0 bridgehead atoms. The average molecular weight is 359 g/mol. The second-order valence-electron chi connectivity index (χ2n) is 3.79. The predicted octanol–water partition coefficient (Wildman–Crippen LogP) is 3.60. The first-order valence-corrected chi connectivity index (χ1v) is 7.28. The molecule has 0 saturated heterocycles. The second-order valence-corrected chi connectivity index (χ2v) is 5.98. The summed E-state index contributed by atoms with van der Waals surface area (Å²) in [5.74, 6) is 0.896. The first kappa shape index (κ1) is 12.9. The van der Waals surface area contributed by atoms with Crippen molar-refractivity contribution in [3.05, 3.63) is 49.7 Å². The van der Waals surface area contributed by atoms with Crippen molar-refractivity contribution in [2.24, 2.45) is 5.73 Å². The molecule has 2 rings (SSSR count). The minimum atomic E-state index is 0.00464. The lowest BCUT2D eigenvalue weighted by Crippen LogP contribution is -2.12. The molecule has 0 amide bonds. The molecule has 0 spiro atoms. The summed E-state index contributed by atoms with van der Waals surface area (Å²) >= 11 is 3.96. The van der Waals surface area contributed by atoms with E-state index in [2.05, 4.69) is 46.9 Å². The van der Waals surface area contributed by atoms with Crippen LogP contribution in [0.5, 0.6) is 5.75 Å². The Kier molecular flexibility index (Phi) is 4.42. The Labute approximate surface area is 119 Å². The van der Waals surface area contributed by atoms with Crippen molar-refractivity contribution in [3.8, 4) is 5.75 Å². The molecule has 2 N–H and O–H groups in total. The Hall–Kier alpha value is -0.590. The summed E-state index contributed by atoms with van der Waals surface area (Å²) in [6.45, 7) is 0. The first-order chi connectivity index (χ1) is 8.20. The Morgan fingerprint density at radius 1 is 1.29 bits per heavy atom. The Balaban J connectivity index is 2.11. The van der Waals surface area contributed by atoms with Gasteiger partial charge in [-0.05, 0) is 58.2 Å². The van der Waals surface area contributed by atoms with Crippen LogP contribution in [0.25, 0.3) is 0 Å². The van der Waals surface area contributed by atoms with Crippen molar-refractivity contribution in [2.45, 2.75) is 12.5 Å². The average Bonchev–Trinajstić information content (AvgIpc) is 2.80. The number of methoxy groups -OCH3 is 1. The topological polar surface area (TPSA) is 35.2 Å². The third kappa shape index (κ3) is 3.20. The summed E-state index contributed by atoms with van der Waals surface area (Å²) in [5.41, 5.74) is 7.47. The molecular formula is C13H14INOS. The van der Waals surface area contributed by atoms with Gasteiger partial charge in [-0.3, -0.25) is 0 Å². The van der Waals surface area contributed by atoms with Gasteiger partial charge in [0.15, 0.2) is 0 Å². The molecule has 90 valence electrons. The van der Waals surface area contributed by atoms with E-state index in [0.717, 1.165) is 17.0 Å². The fraction of sp³-hybridized carbons (Fsp3) is 0.231. The molecule has 0 aliphatic rings. The standard InChI is InChI=1S/C13H14INOS/c1-16-12-6-7-17-13(12)11(15)8-9-2-4-10(14)5-3-9/h2-7,11H,8,15H2,1H3. The summed E-state index contributed by atoms with van der Waals surface area (Å²) in [6, 6.07) is 10.4. The van der Waals surface area contributed by atoms with Gasteiger partial charge in [0.2, 0.25) is 0 Å². The van der Waals surface area contributed by atoms with Crippen LogP contribution < -0.4 is 10.5 Å². The molecule has 1 heterocycles. The van der Waals surface area contributed by atoms with Crippen molar-refractivity contribution in [2.75, 3.05) is 7.11 Å². The van der Waals surface area contributed by atoms with Gasteiger partial charge in [-0.1, -0.05) is 12.1 Å². The fourth-order valence-electron chi connectivity index (χ4n) is 1.72. The SMILES string of the molecule is COc1ccsc1C(N)Cc1ccc(I)cc1. The molecule has 1 atom stereocenters. The number of hydrogen-bond donors (Lipinski definition) is 1. The molecule has 0 radical (unpaired) electrons. The Morgan fingerprint density at radius 3 is 2.65 bits per heavy atom. The monoisotopic (exact) mass is 359 g/mol. The Bertz CT molecular complexity index is 480. The van der Waals surface area contributed by atoms with Crippen LogP contribution in [0.3, 0.4) is 0 Å². The molecule has 0 fully saturated rings. The minimum Gasteiger partial charge on any atom is -0.496 e. The van der Waals surface area contributed by atoms with E-state index in [1.807, 2.05) is 11.4 Å². The molecule has 17 heavy (non-hydrogen) atoms. The minimum absolute atomic E-state index is 0.00464. The molecule has 1 aromatic heterocycles. The van der Waals surface area contributed by atoms with Gasteiger partial charge in [0.05, 0.1) is 12.0 Å². The van der Waals surface area contributed by atoms with Crippen LogP contribution in [-0.4, -0.2) is 7.11 Å². The zero-order chi connectivity index (χ0) is 12.3. The van der Waals surface area contributed by atoms with Gasteiger partial charge in [-0.25, -0.2) is 0 Å². The van der Waals surface area contributed by atoms with Gasteiger partial charge in [0, 0.05) is 9.61 Å². The van der Waals surface area contributed by atoms with Gasteiger partial charge < -0.3 is 10.5 Å². The number of hydrogen-bond acceptors (Lipinski definition) is 3. The molecule has 2 nitrogen and oxygen atoms in total. The quantitative estimate of drug-likeness (QED) is 0.847. The van der Waals surface area contributed by atoms with Gasteiger partial charge >= 0.3 is 0 Å². The first-order valence-electron chi connectivity index (χ1n) is 5.32. The van der Waals surface area contributed by atoms with E-state index in [4.69, 9.17) is 10.5 Å². The predicted molar refractivity (Wildman–Crippen MR) is 80.7 cm³/mol. The lowest BCUT2D eigenvalue weighted by Gasteiger charge is -2.12. The van der Waals surface area contributed by atoms with Gasteiger partial charge in [0.25, 0.3) is 0 Å². The Morgan fingerprint density at radius 2 is 2.00 bits per heavy atom. The maximum Gasteiger partial charge on any atom is 0.134 e. The maximum atomic E-state index is 6.21. The lowest BCUT2D eigenvalue weighted by molar-refractivity contribution is 0.409. The van der Waals surface area contributed by atoms with Crippen LogP contribution in [-0.2, 0) is 6.42 Å². The summed E-state index contributed by atoms with van der Waals surface area (Å²) in [6.07, 6.45) is 0.841. The maximum absolute atomic E-state index is 6.21. The van der Waals surface area contributed by atoms with E-state index in [0.29, 0.717) is 0 Å². The van der Waals surface area contributed by atoms with E-state index in [1.165, 1.54) is 9.13 Å². The highest BCUT2D eigenvalue weighted by Crippen LogP contribution is 2.31. The number of nitrogens with two attached hydrogens (primary N) is 1. The number of halogens is 1. The van der Waals surface area contributed by atoms with Crippen LogP contribution in [0.4, 0.5) is 0 Å². The second kappa shape index (κ2) is 5.84. The smallest absolute Gasteiger partial charge is 0.134 e. The van der Waals surface area contributed by atoms with Crippen molar-refractivity contribution in [1.29, 1.82) is 0 Å². The molecule has 0 aliphatic heterocycles. The largest absolute Gasteiger partial charge is 0.496 e. The molecule has 1 unspecified atom stereocenters. The van der Waals surface area contributed by atoms with Crippen LogP contribution in [0, 0.1) is 3.57 Å². The third-order valence-corrected chi connectivity index (χ3v) is 4.33. The summed E-state index contributed by atoms with van der Waals surface area (Å²) in [7, 11) is 1.68. The van der Waals surface area contributed by atoms with Gasteiger partial charge in [-0.2, -0.15) is 0 Å². The summed E-state index contributed by atoms with van der Waals surface area (Å²) in [4.78, 5) is 1.12. The molecule has 1 aromatic carbocycles. The van der Waals surface area contributed by atoms with Crippen molar-refractivity contribution in [3.63, 3.8) is 0 Å². The highest BCUT2D eigenvalue weighted by atomic mass is 127. The zero-order valence-corrected chi connectivity index (χ0v) is 12.5. The van der Waals surface area contributed by atoms with Gasteiger partial charge in [0.1, 0.15) is 5.75 Å². The lowest BCUT2D eigenvalue weighted by atomic mass is 10.1. The third-order valence-electron chi connectivity index (χ3n) is 2.58. The molecular weight excluding hydrogens is 345 g/mol. The molecule has 2 aromatic rings. The highest BCUT2D eigenvalue weighted by molar-refractivity contribution is 14.1. The number of rotatable bonds is 4. The van der Waals surface area contributed by atoms with E-state index >= 15 is 0 Å². The van der Waals surface area contributed by atoms with Crippen LogP contribution in [0.2, 0.25) is 0 Å². The van der Waals surface area contributed by atoms with Crippen molar-refractivity contribution < 1.29 is 4.74 Å². The summed E-state index contributed by atoms with van der Waals surface area (Å²) < 4.78 is 6.54. The normalized spacial score (nSPS) is 12.4. The van der Waals surface area contributed by atoms with E-state index in [9.17, 15) is 0 Å². The van der Waals surface area contributed by atoms with Crippen LogP contribution >= 0.6 is 33.9 Å². The van der Waals surface area contributed by atoms with E-state index < -0.39 is 0 Å². The summed E-state index contributed by atoms with van der Waals surface area (Å²) in [5, 5.41) is 2.02. The van der Waals surface area contributed by atoms with Crippen molar-refractivity contribution >= 4 is 33.9 Å². The highest BCUT2D eigenvalue weighted by Gasteiger charge is 2.13. The number of thiophene rings is 1. The molecule has 4 heteroatoms.